The molecule has 0 radical (unpaired) electrons. The summed E-state index contributed by atoms with van der Waals surface area (Å²) in [6, 6.07) is 14.1. The molecule has 1 fully saturated rings. The molecule has 0 amide bonds. The van der Waals surface area contributed by atoms with Crippen LogP contribution < -0.4 is 9.03 Å². The molecule has 3 rings (SSSR count). The Morgan fingerprint density at radius 3 is 2.00 bits per heavy atom. The maximum atomic E-state index is 12.9. The van der Waals surface area contributed by atoms with E-state index >= 15 is 0 Å². The van der Waals surface area contributed by atoms with Crippen LogP contribution in [-0.2, 0) is 20.0 Å². The molecule has 0 heterocycles. The van der Waals surface area contributed by atoms with Crippen molar-refractivity contribution in [2.24, 2.45) is 0 Å². The minimum Gasteiger partial charge on any atom is -0.267 e. The van der Waals surface area contributed by atoms with Crippen LogP contribution in [0.2, 0.25) is 0 Å². The molecule has 0 aromatic heterocycles. The number of benzene rings is 2. The lowest BCUT2D eigenvalue weighted by atomic mass is 10.3. The lowest BCUT2D eigenvalue weighted by Gasteiger charge is -2.23. The molecular formula is C17H20N2O4S2. The molecule has 25 heavy (non-hydrogen) atoms. The highest BCUT2D eigenvalue weighted by atomic mass is 32.2. The van der Waals surface area contributed by atoms with Crippen LogP contribution in [0.25, 0.3) is 0 Å². The predicted octanol–water partition coefficient (Wildman–Crippen LogP) is 2.34. The molecule has 0 bridgehead atoms. The molecule has 1 saturated carbocycles. The minimum atomic E-state index is -3.76. The van der Waals surface area contributed by atoms with Gasteiger partial charge >= 0.3 is 0 Å². The third kappa shape index (κ3) is 3.86. The number of hydrogen-bond acceptors (Lipinski definition) is 4. The Morgan fingerprint density at radius 1 is 0.920 bits per heavy atom. The van der Waals surface area contributed by atoms with E-state index in [0.717, 1.165) is 12.8 Å². The molecule has 1 aliphatic rings. The first kappa shape index (κ1) is 17.9. The second-order valence-electron chi connectivity index (χ2n) is 5.87. The lowest BCUT2D eigenvalue weighted by Crippen LogP contribution is -2.31. The fraction of sp³-hybridized carbons (Fsp3) is 0.294. The normalized spacial score (nSPS) is 15.1. The molecule has 6 nitrogen and oxygen atoms in total. The number of para-hydroxylation sites is 1. The zero-order valence-corrected chi connectivity index (χ0v) is 15.4. The molecule has 0 spiro atoms. The van der Waals surface area contributed by atoms with Gasteiger partial charge in [-0.1, -0.05) is 18.2 Å². The second-order valence-corrected chi connectivity index (χ2v) is 9.45. The Kier molecular flexibility index (Phi) is 4.86. The van der Waals surface area contributed by atoms with Crippen molar-refractivity contribution in [3.63, 3.8) is 0 Å². The van der Waals surface area contributed by atoms with Crippen LogP contribution in [0.5, 0.6) is 0 Å². The average Bonchev–Trinajstić information content (AvgIpc) is 3.40. The van der Waals surface area contributed by atoms with E-state index in [1.165, 1.54) is 28.6 Å². The molecular weight excluding hydrogens is 360 g/mol. The summed E-state index contributed by atoms with van der Waals surface area (Å²) in [5, 5.41) is 0. The Morgan fingerprint density at radius 2 is 1.48 bits per heavy atom. The highest BCUT2D eigenvalue weighted by Gasteiger charge is 2.29. The van der Waals surface area contributed by atoms with Gasteiger partial charge in [0.15, 0.2) is 0 Å². The van der Waals surface area contributed by atoms with E-state index in [9.17, 15) is 16.8 Å². The first-order valence-electron chi connectivity index (χ1n) is 8.05. The summed E-state index contributed by atoms with van der Waals surface area (Å²) in [5.74, 6) is 0. The lowest BCUT2D eigenvalue weighted by molar-refractivity contribution is 0.579. The van der Waals surface area contributed by atoms with Crippen molar-refractivity contribution in [1.82, 2.24) is 4.72 Å². The molecule has 0 saturated heterocycles. The van der Waals surface area contributed by atoms with Crippen LogP contribution in [0, 0.1) is 0 Å². The van der Waals surface area contributed by atoms with Gasteiger partial charge in [0.25, 0.3) is 10.0 Å². The van der Waals surface area contributed by atoms with Crippen molar-refractivity contribution in [1.29, 1.82) is 0 Å². The van der Waals surface area contributed by atoms with Crippen molar-refractivity contribution in [2.75, 3.05) is 10.8 Å². The fourth-order valence-corrected chi connectivity index (χ4v) is 5.27. The monoisotopic (exact) mass is 380 g/mol. The quantitative estimate of drug-likeness (QED) is 0.799. The SMILES string of the molecule is CCN(c1ccccc1)S(=O)(=O)c1ccc(S(=O)(=O)NC2CC2)cc1. The Hall–Kier alpha value is -1.90. The van der Waals surface area contributed by atoms with Crippen molar-refractivity contribution in [3.8, 4) is 0 Å². The second kappa shape index (κ2) is 6.78. The van der Waals surface area contributed by atoms with Crippen LogP contribution in [0.15, 0.2) is 64.4 Å². The number of rotatable bonds is 7. The predicted molar refractivity (Wildman–Crippen MR) is 96.4 cm³/mol. The maximum Gasteiger partial charge on any atom is 0.264 e. The molecule has 1 N–H and O–H groups in total. The Labute approximate surface area is 148 Å². The van der Waals surface area contributed by atoms with Gasteiger partial charge in [-0.3, -0.25) is 4.31 Å². The van der Waals surface area contributed by atoms with Gasteiger partial charge in [-0.25, -0.2) is 21.6 Å². The Bertz CT molecular complexity index is 936. The number of hydrogen-bond donors (Lipinski definition) is 1. The van der Waals surface area contributed by atoms with Gasteiger partial charge in [-0.05, 0) is 56.2 Å². The summed E-state index contributed by atoms with van der Waals surface area (Å²) < 4.78 is 54.0. The van der Waals surface area contributed by atoms with Crippen LogP contribution in [-0.4, -0.2) is 29.4 Å². The third-order valence-electron chi connectivity index (χ3n) is 3.95. The molecule has 0 atom stereocenters. The maximum absolute atomic E-state index is 12.9. The standard InChI is InChI=1S/C17H20N2O4S2/c1-2-19(15-6-4-3-5-7-15)25(22,23)17-12-10-16(11-13-17)24(20,21)18-14-8-9-14/h3-7,10-14,18H,2,8-9H2,1H3. The van der Waals surface area contributed by atoms with Gasteiger partial charge in [-0.2, -0.15) is 0 Å². The molecule has 0 aliphatic heterocycles. The molecule has 8 heteroatoms. The highest BCUT2D eigenvalue weighted by Crippen LogP contribution is 2.25. The van der Waals surface area contributed by atoms with Crippen molar-refractivity contribution in [2.45, 2.75) is 35.6 Å². The highest BCUT2D eigenvalue weighted by molar-refractivity contribution is 7.92. The molecule has 2 aromatic carbocycles. The summed E-state index contributed by atoms with van der Waals surface area (Å²) in [4.78, 5) is 0.129. The van der Waals surface area contributed by atoms with E-state index in [2.05, 4.69) is 4.72 Å². The number of sulfonamides is 2. The van der Waals surface area contributed by atoms with E-state index in [-0.39, 0.29) is 22.4 Å². The Balaban J connectivity index is 1.90. The van der Waals surface area contributed by atoms with Gasteiger partial charge < -0.3 is 0 Å². The van der Waals surface area contributed by atoms with Gasteiger partial charge in [0.2, 0.25) is 10.0 Å². The van der Waals surface area contributed by atoms with E-state index in [0.29, 0.717) is 5.69 Å². The largest absolute Gasteiger partial charge is 0.267 e. The van der Waals surface area contributed by atoms with Gasteiger partial charge in [-0.15, -0.1) is 0 Å². The summed E-state index contributed by atoms with van der Waals surface area (Å²) in [7, 11) is -7.35. The van der Waals surface area contributed by atoms with Gasteiger partial charge in [0.05, 0.1) is 15.5 Å². The summed E-state index contributed by atoms with van der Waals surface area (Å²) in [6.07, 6.45) is 1.68. The van der Waals surface area contributed by atoms with E-state index in [1.54, 1.807) is 31.2 Å². The summed E-state index contributed by atoms with van der Waals surface area (Å²) >= 11 is 0. The number of nitrogens with one attached hydrogen (secondary N) is 1. The fourth-order valence-electron chi connectivity index (χ4n) is 2.49. The molecule has 2 aromatic rings. The number of nitrogens with zero attached hydrogens (tertiary/aromatic N) is 1. The number of anilines is 1. The topological polar surface area (TPSA) is 83.6 Å². The van der Waals surface area contributed by atoms with Crippen molar-refractivity contribution < 1.29 is 16.8 Å². The molecule has 134 valence electrons. The van der Waals surface area contributed by atoms with Crippen LogP contribution in [0.1, 0.15) is 19.8 Å². The van der Waals surface area contributed by atoms with Gasteiger partial charge in [0, 0.05) is 12.6 Å². The molecule has 0 unspecified atom stereocenters. The van der Waals surface area contributed by atoms with Gasteiger partial charge in [0.1, 0.15) is 0 Å². The van der Waals surface area contributed by atoms with E-state index < -0.39 is 20.0 Å². The summed E-state index contributed by atoms with van der Waals surface area (Å²) in [6.45, 7) is 2.03. The first-order chi connectivity index (χ1) is 11.8. The van der Waals surface area contributed by atoms with Crippen molar-refractivity contribution in [3.05, 3.63) is 54.6 Å². The first-order valence-corrected chi connectivity index (χ1v) is 11.0. The van der Waals surface area contributed by atoms with Crippen molar-refractivity contribution >= 4 is 25.7 Å². The average molecular weight is 380 g/mol. The summed E-state index contributed by atoms with van der Waals surface area (Å²) in [5.41, 5.74) is 0.567. The third-order valence-corrected chi connectivity index (χ3v) is 7.41. The van der Waals surface area contributed by atoms with E-state index in [4.69, 9.17) is 0 Å². The zero-order valence-electron chi connectivity index (χ0n) is 13.8. The minimum absolute atomic E-state index is 0.00192. The zero-order chi connectivity index (χ0) is 18.1. The van der Waals surface area contributed by atoms with Crippen LogP contribution in [0.4, 0.5) is 5.69 Å². The van der Waals surface area contributed by atoms with Crippen LogP contribution >= 0.6 is 0 Å². The smallest absolute Gasteiger partial charge is 0.264 e. The van der Waals surface area contributed by atoms with E-state index in [1.807, 2.05) is 6.07 Å². The molecule has 1 aliphatic carbocycles. The van der Waals surface area contributed by atoms with Crippen LogP contribution in [0.3, 0.4) is 0 Å².